The van der Waals surface area contributed by atoms with Crippen molar-refractivity contribution in [3.8, 4) is 11.4 Å². The molecule has 100 valence electrons. The Morgan fingerprint density at radius 2 is 1.63 bits per heavy atom. The summed E-state index contributed by atoms with van der Waals surface area (Å²) >= 11 is 0. The molecular formula is C15H20N4. The Morgan fingerprint density at radius 3 is 2.16 bits per heavy atom. The summed E-state index contributed by atoms with van der Waals surface area (Å²) in [5, 5.41) is 3.12. The SMILES string of the molecule is CNc1nc(-c2ccc(N(C)C)cc2)nc(C)c1C. The van der Waals surface area contributed by atoms with Crippen LogP contribution in [-0.4, -0.2) is 31.1 Å². The van der Waals surface area contributed by atoms with Gasteiger partial charge >= 0.3 is 0 Å². The summed E-state index contributed by atoms with van der Waals surface area (Å²) in [6.45, 7) is 4.04. The Hall–Kier alpha value is -2.10. The van der Waals surface area contributed by atoms with Gasteiger partial charge in [0.1, 0.15) is 5.82 Å². The van der Waals surface area contributed by atoms with Crippen LogP contribution in [0.25, 0.3) is 11.4 Å². The van der Waals surface area contributed by atoms with Gasteiger partial charge in [0.15, 0.2) is 5.82 Å². The van der Waals surface area contributed by atoms with Gasteiger partial charge in [-0.1, -0.05) is 0 Å². The predicted molar refractivity (Wildman–Crippen MR) is 80.8 cm³/mol. The van der Waals surface area contributed by atoms with E-state index in [1.807, 2.05) is 35.0 Å². The van der Waals surface area contributed by atoms with Crippen molar-refractivity contribution in [2.75, 3.05) is 31.4 Å². The van der Waals surface area contributed by atoms with Crippen molar-refractivity contribution in [1.82, 2.24) is 9.97 Å². The van der Waals surface area contributed by atoms with Crippen molar-refractivity contribution in [2.45, 2.75) is 13.8 Å². The highest BCUT2D eigenvalue weighted by Gasteiger charge is 2.08. The van der Waals surface area contributed by atoms with Gasteiger partial charge in [0.2, 0.25) is 0 Å². The fourth-order valence-corrected chi connectivity index (χ4v) is 1.91. The number of nitrogens with one attached hydrogen (secondary N) is 1. The topological polar surface area (TPSA) is 41.1 Å². The predicted octanol–water partition coefficient (Wildman–Crippen LogP) is 2.87. The third-order valence-electron chi connectivity index (χ3n) is 3.27. The molecule has 0 amide bonds. The molecule has 1 N–H and O–H groups in total. The minimum atomic E-state index is 0.762. The molecule has 19 heavy (non-hydrogen) atoms. The monoisotopic (exact) mass is 256 g/mol. The molecule has 0 bridgehead atoms. The first kappa shape index (κ1) is 13.3. The first-order valence-corrected chi connectivity index (χ1v) is 6.33. The summed E-state index contributed by atoms with van der Waals surface area (Å²) < 4.78 is 0. The first-order valence-electron chi connectivity index (χ1n) is 6.33. The summed E-state index contributed by atoms with van der Waals surface area (Å²) in [5.74, 6) is 1.65. The molecule has 1 heterocycles. The Labute approximate surface area is 114 Å². The van der Waals surface area contributed by atoms with Gasteiger partial charge in [0, 0.05) is 43.7 Å². The molecule has 1 aromatic carbocycles. The van der Waals surface area contributed by atoms with Crippen molar-refractivity contribution in [1.29, 1.82) is 0 Å². The smallest absolute Gasteiger partial charge is 0.161 e. The summed E-state index contributed by atoms with van der Waals surface area (Å²) in [6.07, 6.45) is 0. The third-order valence-corrected chi connectivity index (χ3v) is 3.27. The zero-order valence-corrected chi connectivity index (χ0v) is 12.2. The molecule has 0 aliphatic heterocycles. The number of rotatable bonds is 3. The molecule has 0 unspecified atom stereocenters. The Kier molecular flexibility index (Phi) is 3.69. The van der Waals surface area contributed by atoms with Gasteiger partial charge in [-0.3, -0.25) is 0 Å². The summed E-state index contributed by atoms with van der Waals surface area (Å²) in [7, 11) is 5.94. The van der Waals surface area contributed by atoms with E-state index in [0.29, 0.717) is 0 Å². The van der Waals surface area contributed by atoms with Crippen molar-refractivity contribution in [2.24, 2.45) is 0 Å². The molecule has 0 aliphatic carbocycles. The van der Waals surface area contributed by atoms with E-state index in [4.69, 9.17) is 0 Å². The zero-order valence-electron chi connectivity index (χ0n) is 12.2. The quantitative estimate of drug-likeness (QED) is 0.916. The maximum atomic E-state index is 4.56. The average molecular weight is 256 g/mol. The van der Waals surface area contributed by atoms with E-state index >= 15 is 0 Å². The zero-order chi connectivity index (χ0) is 14.0. The van der Waals surface area contributed by atoms with Crippen LogP contribution in [0.15, 0.2) is 24.3 Å². The van der Waals surface area contributed by atoms with Crippen LogP contribution in [0, 0.1) is 13.8 Å². The standard InChI is InChI=1S/C15H20N4/c1-10-11(2)17-15(18-14(10)16-3)12-6-8-13(9-7-12)19(4)5/h6-9H,1-5H3,(H,16,17,18). The number of nitrogens with zero attached hydrogens (tertiary/aromatic N) is 3. The second kappa shape index (κ2) is 5.26. The number of hydrogen-bond donors (Lipinski definition) is 1. The lowest BCUT2D eigenvalue weighted by Gasteiger charge is -2.13. The van der Waals surface area contributed by atoms with Crippen LogP contribution >= 0.6 is 0 Å². The minimum absolute atomic E-state index is 0.762. The van der Waals surface area contributed by atoms with E-state index in [1.165, 1.54) is 5.69 Å². The highest BCUT2D eigenvalue weighted by molar-refractivity contribution is 5.62. The molecule has 0 aliphatic rings. The maximum absolute atomic E-state index is 4.56. The van der Waals surface area contributed by atoms with Crippen LogP contribution in [0.4, 0.5) is 11.5 Å². The summed E-state index contributed by atoms with van der Waals surface area (Å²) in [6, 6.07) is 8.26. The van der Waals surface area contributed by atoms with Crippen LogP contribution < -0.4 is 10.2 Å². The molecule has 2 aromatic rings. The molecule has 4 heteroatoms. The highest BCUT2D eigenvalue weighted by atomic mass is 15.1. The Morgan fingerprint density at radius 1 is 1.00 bits per heavy atom. The number of aromatic nitrogens is 2. The molecule has 0 spiro atoms. The fraction of sp³-hybridized carbons (Fsp3) is 0.333. The second-order valence-electron chi connectivity index (χ2n) is 4.80. The van der Waals surface area contributed by atoms with E-state index < -0.39 is 0 Å². The Bertz CT molecular complexity index is 573. The van der Waals surface area contributed by atoms with Gasteiger partial charge in [-0.25, -0.2) is 9.97 Å². The lowest BCUT2D eigenvalue weighted by molar-refractivity contribution is 1.07. The van der Waals surface area contributed by atoms with Gasteiger partial charge in [-0.2, -0.15) is 0 Å². The van der Waals surface area contributed by atoms with Gasteiger partial charge in [-0.15, -0.1) is 0 Å². The van der Waals surface area contributed by atoms with Gasteiger partial charge < -0.3 is 10.2 Å². The second-order valence-corrected chi connectivity index (χ2v) is 4.80. The molecule has 0 atom stereocenters. The summed E-state index contributed by atoms with van der Waals surface area (Å²) in [4.78, 5) is 11.2. The van der Waals surface area contributed by atoms with Crippen LogP contribution in [0.2, 0.25) is 0 Å². The average Bonchev–Trinajstić information content (AvgIpc) is 2.41. The number of benzene rings is 1. The number of anilines is 2. The van der Waals surface area contributed by atoms with Crippen LogP contribution in [-0.2, 0) is 0 Å². The fourth-order valence-electron chi connectivity index (χ4n) is 1.91. The lowest BCUT2D eigenvalue weighted by Crippen LogP contribution is -2.08. The van der Waals surface area contributed by atoms with E-state index in [0.717, 1.165) is 28.5 Å². The van der Waals surface area contributed by atoms with Crippen LogP contribution in [0.5, 0.6) is 0 Å². The lowest BCUT2D eigenvalue weighted by atomic mass is 10.1. The van der Waals surface area contributed by atoms with Crippen molar-refractivity contribution >= 4 is 11.5 Å². The minimum Gasteiger partial charge on any atom is -0.378 e. The molecule has 4 nitrogen and oxygen atoms in total. The van der Waals surface area contributed by atoms with E-state index in [-0.39, 0.29) is 0 Å². The molecule has 2 rings (SSSR count). The van der Waals surface area contributed by atoms with E-state index in [2.05, 4.69) is 44.5 Å². The molecule has 0 radical (unpaired) electrons. The summed E-state index contributed by atoms with van der Waals surface area (Å²) in [5.41, 5.74) is 4.30. The molecule has 0 fully saturated rings. The van der Waals surface area contributed by atoms with E-state index in [9.17, 15) is 0 Å². The number of aryl methyl sites for hydroxylation is 1. The van der Waals surface area contributed by atoms with Gasteiger partial charge in [0.05, 0.1) is 0 Å². The number of hydrogen-bond acceptors (Lipinski definition) is 4. The van der Waals surface area contributed by atoms with Crippen molar-refractivity contribution in [3.63, 3.8) is 0 Å². The van der Waals surface area contributed by atoms with Gasteiger partial charge in [0.25, 0.3) is 0 Å². The van der Waals surface area contributed by atoms with Crippen LogP contribution in [0.3, 0.4) is 0 Å². The van der Waals surface area contributed by atoms with Crippen LogP contribution in [0.1, 0.15) is 11.3 Å². The van der Waals surface area contributed by atoms with E-state index in [1.54, 1.807) is 0 Å². The molecule has 1 aromatic heterocycles. The van der Waals surface area contributed by atoms with Crippen molar-refractivity contribution in [3.05, 3.63) is 35.5 Å². The normalized spacial score (nSPS) is 10.4. The molecule has 0 saturated heterocycles. The maximum Gasteiger partial charge on any atom is 0.161 e. The van der Waals surface area contributed by atoms with Crippen molar-refractivity contribution < 1.29 is 0 Å². The largest absolute Gasteiger partial charge is 0.378 e. The molecular weight excluding hydrogens is 236 g/mol. The van der Waals surface area contributed by atoms with Gasteiger partial charge in [-0.05, 0) is 38.1 Å². The first-order chi connectivity index (χ1) is 9.02. The Balaban J connectivity index is 2.44. The third kappa shape index (κ3) is 2.67. The molecule has 0 saturated carbocycles. The highest BCUT2D eigenvalue weighted by Crippen LogP contribution is 2.23.